The van der Waals surface area contributed by atoms with Crippen LogP contribution in [0.5, 0.6) is 0 Å². The van der Waals surface area contributed by atoms with Gasteiger partial charge < -0.3 is 14.3 Å². The van der Waals surface area contributed by atoms with Crippen LogP contribution in [0.2, 0.25) is 5.02 Å². The largest absolute Gasteiger partial charge is 0.467 e. The normalized spacial score (nSPS) is 12.5. The van der Waals surface area contributed by atoms with Crippen molar-refractivity contribution in [2.24, 2.45) is 0 Å². The van der Waals surface area contributed by atoms with Gasteiger partial charge in [0.05, 0.1) is 19.0 Å². The summed E-state index contributed by atoms with van der Waals surface area (Å²) in [5, 5.41) is 10.5. The molecule has 1 aromatic heterocycles. The van der Waals surface area contributed by atoms with E-state index in [1.54, 1.807) is 18.0 Å². The van der Waals surface area contributed by atoms with Crippen LogP contribution in [0.3, 0.4) is 0 Å². The number of furan rings is 1. The molecule has 0 aliphatic rings. The van der Waals surface area contributed by atoms with Gasteiger partial charge in [-0.1, -0.05) is 11.6 Å². The minimum Gasteiger partial charge on any atom is -0.467 e. The smallest absolute Gasteiger partial charge is 0.129 e. The van der Waals surface area contributed by atoms with E-state index in [0.717, 1.165) is 10.7 Å². The van der Waals surface area contributed by atoms with Gasteiger partial charge in [0.15, 0.2) is 0 Å². The fourth-order valence-corrected chi connectivity index (χ4v) is 2.40. The van der Waals surface area contributed by atoms with E-state index in [4.69, 9.17) is 20.8 Å². The Hall–Kier alpha value is -0.940. The third kappa shape index (κ3) is 5.28. The molecule has 2 aromatic rings. The zero-order valence-electron chi connectivity index (χ0n) is 10.3. The molecule has 0 bridgehead atoms. The molecule has 5 heteroatoms. The number of hydrogen-bond acceptors (Lipinski definition) is 4. The Labute approximate surface area is 121 Å². The quantitative estimate of drug-likeness (QED) is 0.793. The molecule has 1 heterocycles. The maximum atomic E-state index is 9.79. The van der Waals surface area contributed by atoms with E-state index in [1.165, 1.54) is 0 Å². The second-order valence-electron chi connectivity index (χ2n) is 4.01. The summed E-state index contributed by atoms with van der Waals surface area (Å²) in [6.45, 7) is 0.678. The SMILES string of the molecule is OC(COCc1ccco1)CSc1ccc(Cl)cc1. The lowest BCUT2D eigenvalue weighted by Gasteiger charge is -2.10. The number of aliphatic hydroxyl groups is 1. The van der Waals surface area contributed by atoms with Crippen LogP contribution >= 0.6 is 23.4 Å². The minimum absolute atomic E-state index is 0.293. The first-order chi connectivity index (χ1) is 9.24. The van der Waals surface area contributed by atoms with Crippen LogP contribution in [-0.2, 0) is 11.3 Å². The lowest BCUT2D eigenvalue weighted by atomic mass is 10.4. The van der Waals surface area contributed by atoms with E-state index in [9.17, 15) is 5.11 Å². The van der Waals surface area contributed by atoms with E-state index < -0.39 is 6.10 Å². The Morgan fingerprint density at radius 2 is 2.05 bits per heavy atom. The highest BCUT2D eigenvalue weighted by molar-refractivity contribution is 7.99. The lowest BCUT2D eigenvalue weighted by Crippen LogP contribution is -2.17. The van der Waals surface area contributed by atoms with Crippen LogP contribution in [0.25, 0.3) is 0 Å². The molecule has 3 nitrogen and oxygen atoms in total. The van der Waals surface area contributed by atoms with Gasteiger partial charge in [-0.05, 0) is 36.4 Å². The molecule has 0 saturated heterocycles. The van der Waals surface area contributed by atoms with Crippen LogP contribution in [0.1, 0.15) is 5.76 Å². The fraction of sp³-hybridized carbons (Fsp3) is 0.286. The van der Waals surface area contributed by atoms with Crippen LogP contribution < -0.4 is 0 Å². The number of ether oxygens (including phenoxy) is 1. The molecule has 102 valence electrons. The molecule has 1 aromatic carbocycles. The van der Waals surface area contributed by atoms with E-state index in [0.29, 0.717) is 24.0 Å². The highest BCUT2D eigenvalue weighted by Crippen LogP contribution is 2.21. The van der Waals surface area contributed by atoms with Gasteiger partial charge in [0.1, 0.15) is 12.4 Å². The maximum absolute atomic E-state index is 9.79. The van der Waals surface area contributed by atoms with Gasteiger partial charge in [0.25, 0.3) is 0 Å². The third-order valence-corrected chi connectivity index (χ3v) is 3.80. The van der Waals surface area contributed by atoms with Gasteiger partial charge in [-0.3, -0.25) is 0 Å². The van der Waals surface area contributed by atoms with Crippen molar-refractivity contribution in [1.29, 1.82) is 0 Å². The Bertz CT molecular complexity index is 470. The topological polar surface area (TPSA) is 42.6 Å². The van der Waals surface area contributed by atoms with E-state index in [1.807, 2.05) is 36.4 Å². The van der Waals surface area contributed by atoms with E-state index in [-0.39, 0.29) is 0 Å². The number of aliphatic hydroxyl groups excluding tert-OH is 1. The van der Waals surface area contributed by atoms with E-state index >= 15 is 0 Å². The predicted octanol–water partition coefficient (Wildman–Crippen LogP) is 3.60. The summed E-state index contributed by atoms with van der Waals surface area (Å²) in [5.74, 6) is 1.34. The monoisotopic (exact) mass is 298 g/mol. The molecular weight excluding hydrogens is 284 g/mol. The number of benzene rings is 1. The first-order valence-corrected chi connectivity index (χ1v) is 7.27. The zero-order valence-corrected chi connectivity index (χ0v) is 11.9. The van der Waals surface area contributed by atoms with Crippen molar-refractivity contribution in [1.82, 2.24) is 0 Å². The Morgan fingerprint density at radius 3 is 2.74 bits per heavy atom. The molecule has 0 amide bonds. The van der Waals surface area contributed by atoms with Crippen LogP contribution in [0.4, 0.5) is 0 Å². The number of halogens is 1. The van der Waals surface area contributed by atoms with Crippen molar-refractivity contribution in [3.05, 3.63) is 53.4 Å². The molecule has 1 N–H and O–H groups in total. The highest BCUT2D eigenvalue weighted by Gasteiger charge is 2.06. The van der Waals surface area contributed by atoms with E-state index in [2.05, 4.69) is 0 Å². The van der Waals surface area contributed by atoms with Gasteiger partial charge in [-0.25, -0.2) is 0 Å². The summed E-state index contributed by atoms with van der Waals surface area (Å²) in [4.78, 5) is 1.08. The van der Waals surface area contributed by atoms with Crippen molar-refractivity contribution in [2.75, 3.05) is 12.4 Å². The average Bonchev–Trinajstić information content (AvgIpc) is 2.91. The van der Waals surface area contributed by atoms with Crippen LogP contribution in [-0.4, -0.2) is 23.6 Å². The van der Waals surface area contributed by atoms with Gasteiger partial charge in [-0.2, -0.15) is 0 Å². The highest BCUT2D eigenvalue weighted by atomic mass is 35.5. The summed E-state index contributed by atoms with van der Waals surface area (Å²) < 4.78 is 10.5. The van der Waals surface area contributed by atoms with Crippen molar-refractivity contribution in [2.45, 2.75) is 17.6 Å². The second kappa shape index (κ2) is 7.60. The molecule has 2 rings (SSSR count). The first kappa shape index (κ1) is 14.5. The van der Waals surface area contributed by atoms with Gasteiger partial charge in [0, 0.05) is 15.7 Å². The lowest BCUT2D eigenvalue weighted by molar-refractivity contribution is 0.0328. The number of thioether (sulfide) groups is 1. The molecule has 0 spiro atoms. The molecule has 0 aliphatic heterocycles. The Kier molecular flexibility index (Phi) is 5.79. The summed E-state index contributed by atoms with van der Waals surface area (Å²) in [6, 6.07) is 11.2. The summed E-state index contributed by atoms with van der Waals surface area (Å²) >= 11 is 7.38. The standard InChI is InChI=1S/C14H15ClO3S/c15-11-3-5-14(6-4-11)19-10-12(16)8-17-9-13-2-1-7-18-13/h1-7,12,16H,8-10H2. The summed E-state index contributed by atoms with van der Waals surface area (Å²) in [7, 11) is 0. The van der Waals surface area contributed by atoms with Crippen molar-refractivity contribution >= 4 is 23.4 Å². The Balaban J connectivity index is 1.64. The van der Waals surface area contributed by atoms with Gasteiger partial charge >= 0.3 is 0 Å². The second-order valence-corrected chi connectivity index (χ2v) is 5.54. The third-order valence-electron chi connectivity index (χ3n) is 2.39. The fourth-order valence-electron chi connectivity index (χ4n) is 1.46. The molecule has 0 saturated carbocycles. The molecule has 19 heavy (non-hydrogen) atoms. The molecule has 1 unspecified atom stereocenters. The zero-order chi connectivity index (χ0) is 13.5. The maximum Gasteiger partial charge on any atom is 0.129 e. The van der Waals surface area contributed by atoms with Crippen LogP contribution in [0.15, 0.2) is 52.0 Å². The van der Waals surface area contributed by atoms with Crippen molar-refractivity contribution < 1.29 is 14.3 Å². The van der Waals surface area contributed by atoms with Crippen molar-refractivity contribution in [3.63, 3.8) is 0 Å². The minimum atomic E-state index is -0.504. The molecule has 0 radical (unpaired) electrons. The predicted molar refractivity (Wildman–Crippen MR) is 76.5 cm³/mol. The Morgan fingerprint density at radius 1 is 1.26 bits per heavy atom. The molecule has 0 fully saturated rings. The molecule has 0 aliphatic carbocycles. The molecular formula is C14H15ClO3S. The van der Waals surface area contributed by atoms with Gasteiger partial charge in [0.2, 0.25) is 0 Å². The molecule has 1 atom stereocenters. The first-order valence-electron chi connectivity index (χ1n) is 5.90. The number of hydrogen-bond donors (Lipinski definition) is 1. The summed E-state index contributed by atoms with van der Waals surface area (Å²) in [5.41, 5.74) is 0. The average molecular weight is 299 g/mol. The van der Waals surface area contributed by atoms with Crippen molar-refractivity contribution in [3.8, 4) is 0 Å². The number of rotatable bonds is 7. The van der Waals surface area contributed by atoms with Crippen LogP contribution in [0, 0.1) is 0 Å². The summed E-state index contributed by atoms with van der Waals surface area (Å²) in [6.07, 6.45) is 1.10. The van der Waals surface area contributed by atoms with Gasteiger partial charge in [-0.15, -0.1) is 11.8 Å².